The van der Waals surface area contributed by atoms with Gasteiger partial charge in [-0.25, -0.2) is 0 Å². The van der Waals surface area contributed by atoms with E-state index >= 15 is 0 Å². The largest absolute Gasteiger partial charge is 0.467 e. The van der Waals surface area contributed by atoms with Gasteiger partial charge in [0.1, 0.15) is 5.76 Å². The van der Waals surface area contributed by atoms with Crippen molar-refractivity contribution in [3.8, 4) is 0 Å². The normalized spacial score (nSPS) is 13.2. The number of nitrogens with zero attached hydrogens (tertiary/aromatic N) is 3. The summed E-state index contributed by atoms with van der Waals surface area (Å²) in [5.74, 6) is 0.719. The van der Waals surface area contributed by atoms with E-state index in [1.54, 1.807) is 17.2 Å². The van der Waals surface area contributed by atoms with E-state index in [2.05, 4.69) is 5.10 Å². The van der Waals surface area contributed by atoms with Crippen LogP contribution in [0.1, 0.15) is 34.7 Å². The topological polar surface area (TPSA) is 51.3 Å². The average Bonchev–Trinajstić information content (AvgIpc) is 3.41. The Morgan fingerprint density at radius 2 is 2.04 bits per heavy atom. The lowest BCUT2D eigenvalue weighted by Crippen LogP contribution is -2.29. The number of furan rings is 1. The summed E-state index contributed by atoms with van der Waals surface area (Å²) in [4.78, 5) is 14.7. The van der Waals surface area contributed by atoms with Gasteiger partial charge in [-0.1, -0.05) is 30.3 Å². The first-order valence-corrected chi connectivity index (χ1v) is 9.29. The predicted octanol–water partition coefficient (Wildman–Crippen LogP) is 3.74. The van der Waals surface area contributed by atoms with Crippen molar-refractivity contribution in [3.05, 3.63) is 83.1 Å². The van der Waals surface area contributed by atoms with Crippen LogP contribution in [0.2, 0.25) is 0 Å². The molecule has 1 aliphatic rings. The summed E-state index contributed by atoms with van der Waals surface area (Å²) in [6.07, 6.45) is 8.38. The molecule has 0 N–H and O–H groups in total. The number of carbonyl (C=O) groups excluding carboxylic acids is 1. The first kappa shape index (κ1) is 17.3. The number of aromatic nitrogens is 2. The van der Waals surface area contributed by atoms with Gasteiger partial charge in [0.05, 0.1) is 25.0 Å². The van der Waals surface area contributed by atoms with E-state index in [-0.39, 0.29) is 5.91 Å². The fraction of sp³-hybridized carbons (Fsp3) is 0.273. The molecular formula is C22H23N3O2. The van der Waals surface area contributed by atoms with Gasteiger partial charge < -0.3 is 9.32 Å². The molecule has 0 radical (unpaired) electrons. The zero-order valence-corrected chi connectivity index (χ0v) is 15.5. The van der Waals surface area contributed by atoms with Gasteiger partial charge in [-0.2, -0.15) is 5.10 Å². The zero-order valence-electron chi connectivity index (χ0n) is 15.5. The van der Waals surface area contributed by atoms with Crippen LogP contribution in [0.25, 0.3) is 6.08 Å². The summed E-state index contributed by atoms with van der Waals surface area (Å²) < 4.78 is 7.43. The number of carbonyl (C=O) groups is 1. The number of aryl methyl sites for hydroxylation is 1. The Morgan fingerprint density at radius 1 is 1.19 bits per heavy atom. The molecule has 138 valence electrons. The second kappa shape index (κ2) is 7.66. The minimum atomic E-state index is -0.0485. The van der Waals surface area contributed by atoms with E-state index in [0.29, 0.717) is 13.1 Å². The van der Waals surface area contributed by atoms with E-state index in [9.17, 15) is 4.79 Å². The maximum atomic E-state index is 12.9. The summed E-state index contributed by atoms with van der Waals surface area (Å²) in [7, 11) is 1.99. The molecule has 1 aliphatic carbocycles. The molecule has 0 spiro atoms. The second-order valence-corrected chi connectivity index (χ2v) is 6.87. The van der Waals surface area contributed by atoms with E-state index in [0.717, 1.165) is 36.3 Å². The Hall–Kier alpha value is -3.08. The number of fused-ring (bicyclic) bond motifs is 1. The van der Waals surface area contributed by atoms with Gasteiger partial charge in [0.25, 0.3) is 0 Å². The average molecular weight is 361 g/mol. The summed E-state index contributed by atoms with van der Waals surface area (Å²) in [5.41, 5.74) is 4.61. The number of hydrogen-bond donors (Lipinski definition) is 0. The maximum absolute atomic E-state index is 12.9. The second-order valence-electron chi connectivity index (χ2n) is 6.87. The van der Waals surface area contributed by atoms with Gasteiger partial charge in [-0.3, -0.25) is 9.48 Å². The Morgan fingerprint density at radius 3 is 2.81 bits per heavy atom. The monoisotopic (exact) mass is 361 g/mol. The van der Waals surface area contributed by atoms with Gasteiger partial charge in [-0.05, 0) is 48.6 Å². The van der Waals surface area contributed by atoms with Crippen molar-refractivity contribution in [1.29, 1.82) is 0 Å². The van der Waals surface area contributed by atoms with Crippen LogP contribution in [0.15, 0.2) is 59.2 Å². The number of amides is 1. The van der Waals surface area contributed by atoms with Crippen LogP contribution in [-0.4, -0.2) is 20.6 Å². The van der Waals surface area contributed by atoms with Crippen LogP contribution in [0.4, 0.5) is 0 Å². The van der Waals surface area contributed by atoms with E-state index in [1.165, 1.54) is 11.3 Å². The molecule has 2 aromatic heterocycles. The predicted molar refractivity (Wildman–Crippen MR) is 104 cm³/mol. The fourth-order valence-corrected chi connectivity index (χ4v) is 3.64. The van der Waals surface area contributed by atoms with Gasteiger partial charge >= 0.3 is 0 Å². The lowest BCUT2D eigenvalue weighted by atomic mass is 10.2. The molecule has 0 aliphatic heterocycles. The Labute approximate surface area is 158 Å². The van der Waals surface area contributed by atoms with Crippen molar-refractivity contribution in [2.24, 2.45) is 7.05 Å². The highest BCUT2D eigenvalue weighted by Gasteiger charge is 2.24. The van der Waals surface area contributed by atoms with Crippen molar-refractivity contribution in [1.82, 2.24) is 14.7 Å². The molecule has 4 rings (SSSR count). The third-order valence-electron chi connectivity index (χ3n) is 5.00. The summed E-state index contributed by atoms with van der Waals surface area (Å²) >= 11 is 0. The Balaban J connectivity index is 1.56. The molecule has 0 saturated carbocycles. The van der Waals surface area contributed by atoms with E-state index < -0.39 is 0 Å². The number of benzene rings is 1. The van der Waals surface area contributed by atoms with Crippen molar-refractivity contribution >= 4 is 12.0 Å². The first-order valence-electron chi connectivity index (χ1n) is 9.29. The molecule has 0 bridgehead atoms. The van der Waals surface area contributed by atoms with Gasteiger partial charge in [0.2, 0.25) is 5.91 Å². The molecule has 27 heavy (non-hydrogen) atoms. The van der Waals surface area contributed by atoms with Crippen LogP contribution in [0.5, 0.6) is 0 Å². The highest BCUT2D eigenvalue weighted by molar-refractivity contribution is 5.91. The standard InChI is InChI=1S/C22H23N3O2/c1-24-21-11-5-10-19(21)20(23-24)16-25(15-18-9-6-14-27-18)22(26)13-12-17-7-3-2-4-8-17/h2-4,6-9,12-14H,5,10-11,15-16H2,1H3. The first-order chi connectivity index (χ1) is 13.2. The Bertz CT molecular complexity index is 940. The lowest BCUT2D eigenvalue weighted by Gasteiger charge is -2.19. The van der Waals surface area contributed by atoms with Crippen molar-refractivity contribution in [2.75, 3.05) is 0 Å². The highest BCUT2D eigenvalue weighted by atomic mass is 16.3. The zero-order chi connectivity index (χ0) is 18.6. The van der Waals surface area contributed by atoms with Crippen LogP contribution < -0.4 is 0 Å². The number of rotatable bonds is 6. The molecule has 0 atom stereocenters. The molecule has 1 amide bonds. The quantitative estimate of drug-likeness (QED) is 0.629. The molecule has 3 aromatic rings. The van der Waals surface area contributed by atoms with Crippen LogP contribution in [0, 0.1) is 0 Å². The molecule has 5 nitrogen and oxygen atoms in total. The van der Waals surface area contributed by atoms with E-state index in [1.807, 2.05) is 60.3 Å². The van der Waals surface area contributed by atoms with E-state index in [4.69, 9.17) is 4.42 Å². The van der Waals surface area contributed by atoms with Gasteiger partial charge in [-0.15, -0.1) is 0 Å². The molecule has 5 heteroatoms. The molecule has 1 aromatic carbocycles. The van der Waals surface area contributed by atoms with Crippen LogP contribution in [-0.2, 0) is 37.8 Å². The summed E-state index contributed by atoms with van der Waals surface area (Å²) in [6, 6.07) is 13.6. The molecule has 2 heterocycles. The maximum Gasteiger partial charge on any atom is 0.247 e. The van der Waals surface area contributed by atoms with Crippen LogP contribution in [0.3, 0.4) is 0 Å². The fourth-order valence-electron chi connectivity index (χ4n) is 3.64. The lowest BCUT2D eigenvalue weighted by molar-refractivity contribution is -0.127. The SMILES string of the molecule is Cn1nc(CN(Cc2ccco2)C(=O)C=Cc2ccccc2)c2c1CCC2. The minimum absolute atomic E-state index is 0.0485. The molecule has 0 fully saturated rings. The summed E-state index contributed by atoms with van der Waals surface area (Å²) in [6.45, 7) is 0.915. The third kappa shape index (κ3) is 3.87. The summed E-state index contributed by atoms with van der Waals surface area (Å²) in [5, 5.41) is 4.67. The van der Waals surface area contributed by atoms with Crippen LogP contribution >= 0.6 is 0 Å². The van der Waals surface area contributed by atoms with Crippen molar-refractivity contribution in [3.63, 3.8) is 0 Å². The molecule has 0 unspecified atom stereocenters. The van der Waals surface area contributed by atoms with Crippen molar-refractivity contribution < 1.29 is 9.21 Å². The van der Waals surface area contributed by atoms with Crippen molar-refractivity contribution in [2.45, 2.75) is 32.4 Å². The smallest absolute Gasteiger partial charge is 0.247 e. The Kier molecular flexibility index (Phi) is 4.92. The minimum Gasteiger partial charge on any atom is -0.467 e. The third-order valence-corrected chi connectivity index (χ3v) is 5.00. The highest BCUT2D eigenvalue weighted by Crippen LogP contribution is 2.26. The number of hydrogen-bond acceptors (Lipinski definition) is 3. The molecule has 0 saturated heterocycles. The van der Waals surface area contributed by atoms with Gasteiger partial charge in [0, 0.05) is 18.8 Å². The molecular weight excluding hydrogens is 338 g/mol. The van der Waals surface area contributed by atoms with Gasteiger partial charge in [0.15, 0.2) is 0 Å².